The van der Waals surface area contributed by atoms with E-state index in [1.807, 2.05) is 36.4 Å². The standard InChI is InChI=1S/C18H21N5/c1-15(2)22(13-16-9-5-3-6-10-16)14-18-19-20-21-23(18)17-11-7-4-8-12-17/h3-12,15H,13-14H2,1-2H3. The Morgan fingerprint density at radius 2 is 1.57 bits per heavy atom. The van der Waals surface area contributed by atoms with Crippen LogP contribution >= 0.6 is 0 Å². The molecule has 0 N–H and O–H groups in total. The highest BCUT2D eigenvalue weighted by Gasteiger charge is 2.16. The number of rotatable bonds is 6. The molecule has 23 heavy (non-hydrogen) atoms. The van der Waals surface area contributed by atoms with Crippen LogP contribution in [0.15, 0.2) is 60.7 Å². The van der Waals surface area contributed by atoms with Gasteiger partial charge in [-0.1, -0.05) is 48.5 Å². The number of tetrazole rings is 1. The Labute approximate surface area is 136 Å². The molecular formula is C18H21N5. The monoisotopic (exact) mass is 307 g/mol. The van der Waals surface area contributed by atoms with Crippen molar-refractivity contribution in [1.82, 2.24) is 25.1 Å². The first kappa shape index (κ1) is 15.4. The summed E-state index contributed by atoms with van der Waals surface area (Å²) < 4.78 is 1.81. The van der Waals surface area contributed by atoms with Crippen molar-refractivity contribution in [3.05, 3.63) is 72.1 Å². The maximum atomic E-state index is 4.22. The molecule has 3 rings (SSSR count). The topological polar surface area (TPSA) is 46.8 Å². The van der Waals surface area contributed by atoms with Gasteiger partial charge >= 0.3 is 0 Å². The Balaban J connectivity index is 1.80. The minimum absolute atomic E-state index is 0.399. The zero-order chi connectivity index (χ0) is 16.1. The second-order valence-electron chi connectivity index (χ2n) is 5.83. The van der Waals surface area contributed by atoms with Gasteiger partial charge in [0.25, 0.3) is 0 Å². The molecule has 0 atom stereocenters. The van der Waals surface area contributed by atoms with Crippen molar-refractivity contribution in [3.63, 3.8) is 0 Å². The summed E-state index contributed by atoms with van der Waals surface area (Å²) in [5.41, 5.74) is 2.27. The number of hydrogen-bond acceptors (Lipinski definition) is 4. The van der Waals surface area contributed by atoms with Crippen LogP contribution in [0.3, 0.4) is 0 Å². The van der Waals surface area contributed by atoms with Gasteiger partial charge in [-0.25, -0.2) is 0 Å². The molecule has 0 spiro atoms. The van der Waals surface area contributed by atoms with Crippen molar-refractivity contribution in [2.24, 2.45) is 0 Å². The third-order valence-electron chi connectivity index (χ3n) is 3.84. The van der Waals surface area contributed by atoms with Crippen LogP contribution < -0.4 is 0 Å². The lowest BCUT2D eigenvalue weighted by Gasteiger charge is -2.25. The Morgan fingerprint density at radius 3 is 2.22 bits per heavy atom. The fourth-order valence-electron chi connectivity index (χ4n) is 2.49. The zero-order valence-corrected chi connectivity index (χ0v) is 13.5. The van der Waals surface area contributed by atoms with E-state index in [0.29, 0.717) is 12.6 Å². The Hall–Kier alpha value is -2.53. The second kappa shape index (κ2) is 7.15. The first-order chi connectivity index (χ1) is 11.2. The van der Waals surface area contributed by atoms with E-state index in [-0.39, 0.29) is 0 Å². The number of nitrogens with zero attached hydrogens (tertiary/aromatic N) is 5. The molecule has 5 nitrogen and oxygen atoms in total. The molecule has 0 aliphatic carbocycles. The van der Waals surface area contributed by atoms with Crippen LogP contribution in [0.1, 0.15) is 25.2 Å². The fourth-order valence-corrected chi connectivity index (χ4v) is 2.49. The molecule has 0 amide bonds. The number of hydrogen-bond donors (Lipinski definition) is 0. The molecule has 0 saturated heterocycles. The van der Waals surface area contributed by atoms with Gasteiger partial charge in [0.15, 0.2) is 5.82 Å². The summed E-state index contributed by atoms with van der Waals surface area (Å²) in [6.07, 6.45) is 0. The zero-order valence-electron chi connectivity index (χ0n) is 13.5. The quantitative estimate of drug-likeness (QED) is 0.702. The van der Waals surface area contributed by atoms with E-state index in [9.17, 15) is 0 Å². The van der Waals surface area contributed by atoms with Gasteiger partial charge in [-0.2, -0.15) is 4.68 Å². The Bertz CT molecular complexity index is 721. The molecule has 118 valence electrons. The summed E-state index contributed by atoms with van der Waals surface area (Å²) in [7, 11) is 0. The summed E-state index contributed by atoms with van der Waals surface area (Å²) >= 11 is 0. The van der Waals surface area contributed by atoms with Gasteiger partial charge in [-0.15, -0.1) is 5.10 Å². The molecule has 0 fully saturated rings. The SMILES string of the molecule is CC(C)N(Cc1ccccc1)Cc1nnnn1-c1ccccc1. The molecule has 5 heteroatoms. The molecule has 1 aromatic heterocycles. The normalized spacial score (nSPS) is 11.3. The molecular weight excluding hydrogens is 286 g/mol. The van der Waals surface area contributed by atoms with Crippen molar-refractivity contribution >= 4 is 0 Å². The highest BCUT2D eigenvalue weighted by atomic mass is 15.5. The maximum Gasteiger partial charge on any atom is 0.170 e. The lowest BCUT2D eigenvalue weighted by molar-refractivity contribution is 0.197. The smallest absolute Gasteiger partial charge is 0.170 e. The Kier molecular flexibility index (Phi) is 4.78. The second-order valence-corrected chi connectivity index (χ2v) is 5.83. The van der Waals surface area contributed by atoms with Gasteiger partial charge in [0.2, 0.25) is 0 Å². The van der Waals surface area contributed by atoms with Crippen LogP contribution in [0.25, 0.3) is 5.69 Å². The van der Waals surface area contributed by atoms with Gasteiger partial charge < -0.3 is 0 Å². The van der Waals surface area contributed by atoms with Gasteiger partial charge in [-0.3, -0.25) is 4.90 Å². The Morgan fingerprint density at radius 1 is 0.913 bits per heavy atom. The van der Waals surface area contributed by atoms with Crippen LogP contribution in [0.5, 0.6) is 0 Å². The molecule has 0 aliphatic heterocycles. The predicted octanol–water partition coefficient (Wildman–Crippen LogP) is 3.07. The van der Waals surface area contributed by atoms with Crippen molar-refractivity contribution < 1.29 is 0 Å². The third-order valence-corrected chi connectivity index (χ3v) is 3.84. The van der Waals surface area contributed by atoms with Crippen LogP contribution in [0, 0.1) is 0 Å². The average molecular weight is 307 g/mol. The largest absolute Gasteiger partial charge is 0.289 e. The summed E-state index contributed by atoms with van der Waals surface area (Å²) in [5, 5.41) is 12.2. The molecule has 0 bridgehead atoms. The summed E-state index contributed by atoms with van der Waals surface area (Å²) in [5.74, 6) is 0.848. The van der Waals surface area contributed by atoms with E-state index in [2.05, 4.69) is 58.5 Å². The summed E-state index contributed by atoms with van der Waals surface area (Å²) in [4.78, 5) is 2.36. The summed E-state index contributed by atoms with van der Waals surface area (Å²) in [6.45, 7) is 5.97. The van der Waals surface area contributed by atoms with Gasteiger partial charge in [-0.05, 0) is 42.0 Å². The van der Waals surface area contributed by atoms with Crippen molar-refractivity contribution in [3.8, 4) is 5.69 Å². The van der Waals surface area contributed by atoms with Gasteiger partial charge in [0.05, 0.1) is 12.2 Å². The van der Waals surface area contributed by atoms with E-state index in [1.54, 1.807) is 4.68 Å². The first-order valence-corrected chi connectivity index (χ1v) is 7.84. The maximum absolute atomic E-state index is 4.22. The molecule has 0 unspecified atom stereocenters. The lowest BCUT2D eigenvalue weighted by atomic mass is 10.2. The van der Waals surface area contributed by atoms with E-state index in [4.69, 9.17) is 0 Å². The van der Waals surface area contributed by atoms with Gasteiger partial charge in [0.1, 0.15) is 0 Å². The van der Waals surface area contributed by atoms with Crippen LogP contribution in [0.2, 0.25) is 0 Å². The van der Waals surface area contributed by atoms with Gasteiger partial charge in [0, 0.05) is 12.6 Å². The minimum Gasteiger partial charge on any atom is -0.289 e. The molecule has 0 saturated carbocycles. The minimum atomic E-state index is 0.399. The first-order valence-electron chi connectivity index (χ1n) is 7.84. The number of aromatic nitrogens is 4. The lowest BCUT2D eigenvalue weighted by Crippen LogP contribution is -2.31. The van der Waals surface area contributed by atoms with Crippen LogP contribution in [-0.4, -0.2) is 31.1 Å². The van der Waals surface area contributed by atoms with Crippen molar-refractivity contribution in [2.75, 3.05) is 0 Å². The highest BCUT2D eigenvalue weighted by molar-refractivity contribution is 5.30. The number of para-hydroxylation sites is 1. The summed E-state index contributed by atoms with van der Waals surface area (Å²) in [6, 6.07) is 20.9. The van der Waals surface area contributed by atoms with E-state index < -0.39 is 0 Å². The fraction of sp³-hybridized carbons (Fsp3) is 0.278. The van der Waals surface area contributed by atoms with Crippen molar-refractivity contribution in [2.45, 2.75) is 33.0 Å². The molecule has 1 heterocycles. The van der Waals surface area contributed by atoms with Crippen LogP contribution in [0.4, 0.5) is 0 Å². The predicted molar refractivity (Wildman–Crippen MR) is 90.0 cm³/mol. The third kappa shape index (κ3) is 3.81. The average Bonchev–Trinajstić information content (AvgIpc) is 3.04. The van der Waals surface area contributed by atoms with Crippen LogP contribution in [-0.2, 0) is 13.1 Å². The molecule has 3 aromatic rings. The van der Waals surface area contributed by atoms with E-state index >= 15 is 0 Å². The van der Waals surface area contributed by atoms with E-state index in [1.165, 1.54) is 5.56 Å². The highest BCUT2D eigenvalue weighted by Crippen LogP contribution is 2.14. The van der Waals surface area contributed by atoms with Crippen molar-refractivity contribution in [1.29, 1.82) is 0 Å². The number of benzene rings is 2. The molecule has 2 aromatic carbocycles. The molecule has 0 aliphatic rings. The molecule has 0 radical (unpaired) electrons. The van der Waals surface area contributed by atoms with E-state index in [0.717, 1.165) is 18.1 Å².